The highest BCUT2D eigenvalue weighted by molar-refractivity contribution is 5.81. The first-order chi connectivity index (χ1) is 6.70. The number of ether oxygens (including phenoxy) is 1. The van der Waals surface area contributed by atoms with Gasteiger partial charge in [0, 0.05) is 6.08 Å². The van der Waals surface area contributed by atoms with Gasteiger partial charge < -0.3 is 9.84 Å². The van der Waals surface area contributed by atoms with Crippen LogP contribution in [0.4, 0.5) is 0 Å². The third kappa shape index (κ3) is 7.55. The number of allylic oxidation sites excluding steroid dienone is 2. The molecule has 0 aromatic heterocycles. The molecule has 0 bridgehead atoms. The first kappa shape index (κ1) is 12.9. The van der Waals surface area contributed by atoms with E-state index >= 15 is 0 Å². The normalized spacial score (nSPS) is 12.7. The van der Waals surface area contributed by atoms with Crippen molar-refractivity contribution in [2.24, 2.45) is 0 Å². The summed E-state index contributed by atoms with van der Waals surface area (Å²) in [4.78, 5) is 10.6. The van der Waals surface area contributed by atoms with E-state index in [0.29, 0.717) is 12.8 Å². The first-order valence-electron chi connectivity index (χ1n) is 4.74. The van der Waals surface area contributed by atoms with Gasteiger partial charge in [-0.3, -0.25) is 0 Å². The molecule has 0 aliphatic carbocycles. The van der Waals surface area contributed by atoms with E-state index in [1.165, 1.54) is 13.2 Å². The van der Waals surface area contributed by atoms with Crippen molar-refractivity contribution in [3.05, 3.63) is 24.8 Å². The molecule has 3 heteroatoms. The van der Waals surface area contributed by atoms with Crippen molar-refractivity contribution < 1.29 is 14.6 Å². The number of esters is 1. The Hall–Kier alpha value is -1.09. The molecule has 1 atom stereocenters. The largest absolute Gasteiger partial charge is 0.466 e. The molecule has 0 heterocycles. The molecule has 1 N–H and O–H groups in total. The highest BCUT2D eigenvalue weighted by Gasteiger charge is 2.00. The molecule has 3 nitrogen and oxygen atoms in total. The number of aliphatic hydroxyl groups excluding tert-OH is 1. The number of hydrogen-bond acceptors (Lipinski definition) is 3. The van der Waals surface area contributed by atoms with Crippen molar-refractivity contribution >= 4 is 5.97 Å². The second-order valence-corrected chi connectivity index (χ2v) is 3.02. The molecule has 0 aliphatic rings. The summed E-state index contributed by atoms with van der Waals surface area (Å²) in [7, 11) is 1.34. The Morgan fingerprint density at radius 2 is 2.14 bits per heavy atom. The van der Waals surface area contributed by atoms with Crippen LogP contribution in [0.15, 0.2) is 24.8 Å². The van der Waals surface area contributed by atoms with Crippen LogP contribution in [0.25, 0.3) is 0 Å². The maximum atomic E-state index is 10.6. The quantitative estimate of drug-likeness (QED) is 0.385. The van der Waals surface area contributed by atoms with Gasteiger partial charge in [0.2, 0.25) is 0 Å². The zero-order valence-electron chi connectivity index (χ0n) is 8.61. The zero-order chi connectivity index (χ0) is 10.8. The lowest BCUT2D eigenvalue weighted by atomic mass is 10.1. The van der Waals surface area contributed by atoms with E-state index in [4.69, 9.17) is 0 Å². The first-order valence-corrected chi connectivity index (χ1v) is 4.74. The highest BCUT2D eigenvalue weighted by atomic mass is 16.5. The number of aliphatic hydroxyl groups is 1. The Kier molecular flexibility index (Phi) is 7.84. The fraction of sp³-hybridized carbons (Fsp3) is 0.545. The Labute approximate surface area is 85.1 Å². The van der Waals surface area contributed by atoms with Gasteiger partial charge in [0.15, 0.2) is 0 Å². The van der Waals surface area contributed by atoms with E-state index in [1.807, 2.05) is 0 Å². The zero-order valence-corrected chi connectivity index (χ0v) is 8.61. The van der Waals surface area contributed by atoms with Crippen molar-refractivity contribution in [3.63, 3.8) is 0 Å². The summed E-state index contributed by atoms with van der Waals surface area (Å²) in [5.41, 5.74) is 0. The van der Waals surface area contributed by atoms with E-state index in [0.717, 1.165) is 12.8 Å². The average Bonchev–Trinajstić information content (AvgIpc) is 2.21. The fourth-order valence-corrected chi connectivity index (χ4v) is 0.991. The molecule has 0 unspecified atom stereocenters. The molecule has 0 rings (SSSR count). The molecule has 0 aromatic rings. The Morgan fingerprint density at radius 1 is 1.50 bits per heavy atom. The molecule has 0 spiro atoms. The third-order valence-electron chi connectivity index (χ3n) is 1.83. The lowest BCUT2D eigenvalue weighted by Gasteiger charge is -2.05. The van der Waals surface area contributed by atoms with Crippen molar-refractivity contribution in [2.45, 2.75) is 31.8 Å². The summed E-state index contributed by atoms with van der Waals surface area (Å²) < 4.78 is 4.42. The van der Waals surface area contributed by atoms with E-state index in [1.54, 1.807) is 12.2 Å². The lowest BCUT2D eigenvalue weighted by molar-refractivity contribution is -0.134. The molecule has 0 aliphatic heterocycles. The van der Waals surface area contributed by atoms with Crippen LogP contribution < -0.4 is 0 Å². The van der Waals surface area contributed by atoms with Crippen LogP contribution >= 0.6 is 0 Å². The minimum absolute atomic E-state index is 0.310. The maximum Gasteiger partial charge on any atom is 0.330 e. The molecule has 80 valence electrons. The number of rotatable bonds is 7. The molecule has 0 radical (unpaired) electrons. The smallest absolute Gasteiger partial charge is 0.330 e. The second kappa shape index (κ2) is 8.51. The van der Waals surface area contributed by atoms with Crippen LogP contribution in [0, 0.1) is 0 Å². The summed E-state index contributed by atoms with van der Waals surface area (Å²) in [6, 6.07) is 0. The van der Waals surface area contributed by atoms with Crippen LogP contribution in [0.3, 0.4) is 0 Å². The Morgan fingerprint density at radius 3 is 2.71 bits per heavy atom. The lowest BCUT2D eigenvalue weighted by Crippen LogP contribution is -2.04. The molecule has 0 saturated carbocycles. The van der Waals surface area contributed by atoms with Crippen LogP contribution in [0.5, 0.6) is 0 Å². The van der Waals surface area contributed by atoms with E-state index < -0.39 is 0 Å². The second-order valence-electron chi connectivity index (χ2n) is 3.02. The van der Waals surface area contributed by atoms with Gasteiger partial charge in [-0.25, -0.2) is 4.79 Å². The molecule has 0 saturated heterocycles. The van der Waals surface area contributed by atoms with Crippen molar-refractivity contribution in [1.82, 2.24) is 0 Å². The summed E-state index contributed by atoms with van der Waals surface area (Å²) >= 11 is 0. The molecule has 0 amide bonds. The summed E-state index contributed by atoms with van der Waals surface area (Å²) in [6.45, 7) is 3.58. The van der Waals surface area contributed by atoms with E-state index in [2.05, 4.69) is 11.3 Å². The van der Waals surface area contributed by atoms with Crippen molar-refractivity contribution in [2.75, 3.05) is 7.11 Å². The Balaban J connectivity index is 3.47. The standard InChI is InChI=1S/C11H18O3/c1-3-4-7-10(12)8-5-6-9-11(13)14-2/h3,6,9-10,12H,1,4-5,7-8H2,2H3/b9-6+/t10-/m0/s1. The van der Waals surface area contributed by atoms with Crippen LogP contribution in [-0.4, -0.2) is 24.3 Å². The summed E-state index contributed by atoms with van der Waals surface area (Å²) in [5.74, 6) is -0.356. The highest BCUT2D eigenvalue weighted by Crippen LogP contribution is 2.05. The third-order valence-corrected chi connectivity index (χ3v) is 1.83. The van der Waals surface area contributed by atoms with Crippen LogP contribution in [0.1, 0.15) is 25.7 Å². The number of methoxy groups -OCH3 is 1. The van der Waals surface area contributed by atoms with Gasteiger partial charge in [-0.05, 0) is 25.7 Å². The van der Waals surface area contributed by atoms with Crippen LogP contribution in [0.2, 0.25) is 0 Å². The number of hydrogen-bond donors (Lipinski definition) is 1. The molecule has 14 heavy (non-hydrogen) atoms. The predicted octanol–water partition coefficient (Wildman–Crippen LogP) is 1.82. The van der Waals surface area contributed by atoms with Gasteiger partial charge in [-0.1, -0.05) is 12.2 Å². The average molecular weight is 198 g/mol. The topological polar surface area (TPSA) is 46.5 Å². The van der Waals surface area contributed by atoms with Gasteiger partial charge in [-0.2, -0.15) is 0 Å². The Bertz CT molecular complexity index is 197. The minimum Gasteiger partial charge on any atom is -0.466 e. The molecule has 0 fully saturated rings. The number of carbonyl (C=O) groups excluding carboxylic acids is 1. The summed E-state index contributed by atoms with van der Waals surface area (Å²) in [6.07, 6.45) is 7.47. The van der Waals surface area contributed by atoms with Gasteiger partial charge in [-0.15, -0.1) is 6.58 Å². The summed E-state index contributed by atoms with van der Waals surface area (Å²) in [5, 5.41) is 9.40. The van der Waals surface area contributed by atoms with Crippen LogP contribution in [-0.2, 0) is 9.53 Å². The number of carbonyl (C=O) groups is 1. The predicted molar refractivity (Wildman–Crippen MR) is 55.8 cm³/mol. The van der Waals surface area contributed by atoms with Gasteiger partial charge in [0.25, 0.3) is 0 Å². The van der Waals surface area contributed by atoms with Gasteiger partial charge in [0.1, 0.15) is 0 Å². The maximum absolute atomic E-state index is 10.6. The molecule has 0 aromatic carbocycles. The van der Waals surface area contributed by atoms with E-state index in [-0.39, 0.29) is 12.1 Å². The van der Waals surface area contributed by atoms with Gasteiger partial charge >= 0.3 is 5.97 Å². The minimum atomic E-state index is -0.356. The van der Waals surface area contributed by atoms with E-state index in [9.17, 15) is 9.90 Å². The van der Waals surface area contributed by atoms with Crippen molar-refractivity contribution in [1.29, 1.82) is 0 Å². The monoisotopic (exact) mass is 198 g/mol. The molecular weight excluding hydrogens is 180 g/mol. The fourth-order valence-electron chi connectivity index (χ4n) is 0.991. The van der Waals surface area contributed by atoms with Crippen molar-refractivity contribution in [3.8, 4) is 0 Å². The molecular formula is C11H18O3. The van der Waals surface area contributed by atoms with Gasteiger partial charge in [0.05, 0.1) is 13.2 Å². The SMILES string of the molecule is C=CCC[C@H](O)CC/C=C/C(=O)OC.